The highest BCUT2D eigenvalue weighted by Crippen LogP contribution is 2.25. The van der Waals surface area contributed by atoms with Crippen LogP contribution in [0.2, 0.25) is 0 Å². The van der Waals surface area contributed by atoms with Gasteiger partial charge in [-0.1, -0.05) is 6.92 Å². The molecule has 0 saturated heterocycles. The van der Waals surface area contributed by atoms with E-state index in [0.29, 0.717) is 11.3 Å². The predicted octanol–water partition coefficient (Wildman–Crippen LogP) is 1.13. The van der Waals surface area contributed by atoms with Crippen molar-refractivity contribution in [1.82, 2.24) is 5.32 Å². The van der Waals surface area contributed by atoms with Crippen molar-refractivity contribution in [1.29, 1.82) is 0 Å². The van der Waals surface area contributed by atoms with Gasteiger partial charge in [0.05, 0.1) is 12.0 Å². The molecule has 114 valence electrons. The number of nitrogens with zero attached hydrogens (tertiary/aromatic N) is 1. The molecule has 1 atom stereocenters. The third kappa shape index (κ3) is 4.44. The molecule has 0 heterocycles. The molecule has 1 aromatic carbocycles. The highest BCUT2D eigenvalue weighted by Gasteiger charge is 2.22. The zero-order valence-corrected chi connectivity index (χ0v) is 11.7. The fourth-order valence-electron chi connectivity index (χ4n) is 1.75. The van der Waals surface area contributed by atoms with Gasteiger partial charge in [-0.3, -0.25) is 14.9 Å². The molecule has 2 N–H and O–H groups in total. The van der Waals surface area contributed by atoms with E-state index >= 15 is 0 Å². The van der Waals surface area contributed by atoms with Crippen LogP contribution in [0.4, 0.5) is 5.69 Å². The molecular formula is C13H16N2O6. The fraction of sp³-hybridized carbons (Fsp3) is 0.385. The number of hydrogen-bond acceptors (Lipinski definition) is 5. The summed E-state index contributed by atoms with van der Waals surface area (Å²) in [5.74, 6) is -1.30. The smallest absolute Gasteiger partial charge is 0.326 e. The molecular weight excluding hydrogens is 280 g/mol. The maximum absolute atomic E-state index is 11.3. The Kier molecular flexibility index (Phi) is 5.65. The molecule has 0 fully saturated rings. The molecule has 0 spiro atoms. The largest absolute Gasteiger partial charge is 0.496 e. The van der Waals surface area contributed by atoms with Crippen molar-refractivity contribution in [2.24, 2.45) is 0 Å². The number of nitrogens with one attached hydrogen (secondary N) is 1. The van der Waals surface area contributed by atoms with Gasteiger partial charge in [-0.2, -0.15) is 0 Å². The number of nitro benzene ring substituents is 1. The van der Waals surface area contributed by atoms with Crippen LogP contribution in [-0.2, 0) is 16.0 Å². The van der Waals surface area contributed by atoms with Gasteiger partial charge in [-0.25, -0.2) is 4.79 Å². The van der Waals surface area contributed by atoms with E-state index in [0.717, 1.165) is 0 Å². The first-order valence-electron chi connectivity index (χ1n) is 6.22. The molecule has 0 aliphatic heterocycles. The van der Waals surface area contributed by atoms with Crippen molar-refractivity contribution < 1.29 is 24.4 Å². The summed E-state index contributed by atoms with van der Waals surface area (Å²) in [6.07, 6.45) is 0.0434. The highest BCUT2D eigenvalue weighted by atomic mass is 16.6. The Morgan fingerprint density at radius 2 is 2.14 bits per heavy atom. The number of carboxylic acids is 1. The Morgan fingerprint density at radius 1 is 1.48 bits per heavy atom. The van der Waals surface area contributed by atoms with Crippen molar-refractivity contribution in [2.45, 2.75) is 25.8 Å². The molecule has 0 aliphatic rings. The summed E-state index contributed by atoms with van der Waals surface area (Å²) in [6.45, 7) is 1.60. The predicted molar refractivity (Wildman–Crippen MR) is 73.2 cm³/mol. The molecule has 8 heteroatoms. The lowest BCUT2D eigenvalue weighted by Gasteiger charge is -2.15. The van der Waals surface area contributed by atoms with Gasteiger partial charge >= 0.3 is 5.97 Å². The van der Waals surface area contributed by atoms with Crippen molar-refractivity contribution >= 4 is 17.6 Å². The fourth-order valence-corrected chi connectivity index (χ4v) is 1.75. The minimum Gasteiger partial charge on any atom is -0.496 e. The molecule has 1 amide bonds. The van der Waals surface area contributed by atoms with Gasteiger partial charge in [0.25, 0.3) is 5.69 Å². The third-order valence-electron chi connectivity index (χ3n) is 2.85. The summed E-state index contributed by atoms with van der Waals surface area (Å²) in [5, 5.41) is 22.3. The van der Waals surface area contributed by atoms with Crippen LogP contribution < -0.4 is 10.1 Å². The van der Waals surface area contributed by atoms with E-state index in [1.807, 2.05) is 0 Å². The first-order valence-corrected chi connectivity index (χ1v) is 6.22. The zero-order chi connectivity index (χ0) is 16.0. The number of methoxy groups -OCH3 is 1. The van der Waals surface area contributed by atoms with E-state index in [1.165, 1.54) is 25.3 Å². The van der Waals surface area contributed by atoms with Crippen LogP contribution in [0.3, 0.4) is 0 Å². The first-order chi connectivity index (χ1) is 9.88. The van der Waals surface area contributed by atoms with Crippen LogP contribution in [0.25, 0.3) is 0 Å². The van der Waals surface area contributed by atoms with E-state index in [4.69, 9.17) is 9.84 Å². The topological polar surface area (TPSA) is 119 Å². The zero-order valence-electron chi connectivity index (χ0n) is 11.7. The van der Waals surface area contributed by atoms with Gasteiger partial charge < -0.3 is 15.2 Å². The summed E-state index contributed by atoms with van der Waals surface area (Å²) < 4.78 is 5.06. The second-order valence-corrected chi connectivity index (χ2v) is 4.27. The van der Waals surface area contributed by atoms with Gasteiger partial charge in [0.1, 0.15) is 11.8 Å². The number of rotatable bonds is 7. The van der Waals surface area contributed by atoms with E-state index in [9.17, 15) is 19.7 Å². The minimum absolute atomic E-state index is 0.105. The van der Waals surface area contributed by atoms with Gasteiger partial charge in [0.2, 0.25) is 5.91 Å². The Morgan fingerprint density at radius 3 is 2.62 bits per heavy atom. The maximum Gasteiger partial charge on any atom is 0.326 e. The van der Waals surface area contributed by atoms with Crippen LogP contribution in [0.5, 0.6) is 5.75 Å². The average molecular weight is 296 g/mol. The van der Waals surface area contributed by atoms with Crippen molar-refractivity contribution in [3.8, 4) is 5.75 Å². The molecule has 0 bridgehead atoms. The van der Waals surface area contributed by atoms with Crippen molar-refractivity contribution in [3.05, 3.63) is 33.9 Å². The second-order valence-electron chi connectivity index (χ2n) is 4.27. The molecule has 8 nitrogen and oxygen atoms in total. The number of carboxylic acid groups (broad SMARTS) is 1. The first kappa shape index (κ1) is 16.4. The number of carbonyl (C=O) groups excluding carboxylic acids is 1. The van der Waals surface area contributed by atoms with E-state index in [2.05, 4.69) is 5.32 Å². The minimum atomic E-state index is -1.22. The molecule has 1 unspecified atom stereocenters. The molecule has 1 rings (SSSR count). The van der Waals surface area contributed by atoms with Gasteiger partial charge in [-0.05, 0) is 6.07 Å². The molecule has 21 heavy (non-hydrogen) atoms. The Balaban J connectivity index is 3.06. The van der Waals surface area contributed by atoms with Gasteiger partial charge in [0, 0.05) is 30.5 Å². The lowest BCUT2D eigenvalue weighted by atomic mass is 10.0. The molecule has 0 aromatic heterocycles. The van der Waals surface area contributed by atoms with Crippen LogP contribution in [-0.4, -0.2) is 35.1 Å². The third-order valence-corrected chi connectivity index (χ3v) is 2.85. The standard InChI is InChI=1S/C13H16N2O6/c1-3-12(16)14-10(13(17)18)7-8-6-9(15(19)20)4-5-11(8)21-2/h4-6,10H,3,7H2,1-2H3,(H,14,16)(H,17,18). The molecule has 0 aliphatic carbocycles. The van der Waals surface area contributed by atoms with Gasteiger partial charge in [0.15, 0.2) is 0 Å². The number of hydrogen-bond donors (Lipinski definition) is 2. The van der Waals surface area contributed by atoms with Crippen LogP contribution in [0.15, 0.2) is 18.2 Å². The number of amides is 1. The van der Waals surface area contributed by atoms with E-state index in [1.54, 1.807) is 6.92 Å². The monoisotopic (exact) mass is 296 g/mol. The van der Waals surface area contributed by atoms with Crippen LogP contribution >= 0.6 is 0 Å². The summed E-state index contributed by atoms with van der Waals surface area (Å²) in [6, 6.07) is 2.73. The number of nitro groups is 1. The SMILES string of the molecule is CCC(=O)NC(Cc1cc([N+](=O)[O-])ccc1OC)C(=O)O. The van der Waals surface area contributed by atoms with E-state index < -0.39 is 22.8 Å². The van der Waals surface area contributed by atoms with Crippen LogP contribution in [0, 0.1) is 10.1 Å². The lowest BCUT2D eigenvalue weighted by molar-refractivity contribution is -0.384. The molecule has 0 saturated carbocycles. The Bertz CT molecular complexity index is 558. The summed E-state index contributed by atoms with van der Waals surface area (Å²) in [4.78, 5) is 32.7. The second kappa shape index (κ2) is 7.22. The van der Waals surface area contributed by atoms with Crippen molar-refractivity contribution in [2.75, 3.05) is 7.11 Å². The normalized spacial score (nSPS) is 11.5. The lowest BCUT2D eigenvalue weighted by Crippen LogP contribution is -2.42. The average Bonchev–Trinajstić information content (AvgIpc) is 2.45. The quantitative estimate of drug-likeness (QED) is 0.575. The van der Waals surface area contributed by atoms with E-state index in [-0.39, 0.29) is 18.5 Å². The summed E-state index contributed by atoms with van der Waals surface area (Å²) >= 11 is 0. The van der Waals surface area contributed by atoms with Crippen molar-refractivity contribution in [3.63, 3.8) is 0 Å². The maximum atomic E-state index is 11.3. The number of benzene rings is 1. The van der Waals surface area contributed by atoms with Crippen LogP contribution in [0.1, 0.15) is 18.9 Å². The number of aliphatic carboxylic acids is 1. The molecule has 0 radical (unpaired) electrons. The Labute approximate surface area is 120 Å². The Hall–Kier alpha value is -2.64. The highest BCUT2D eigenvalue weighted by molar-refractivity contribution is 5.83. The summed E-state index contributed by atoms with van der Waals surface area (Å²) in [5.41, 5.74) is 0.173. The number of non-ortho nitro benzene ring substituents is 1. The number of ether oxygens (including phenoxy) is 1. The number of carbonyl (C=O) groups is 2. The molecule has 1 aromatic rings. The van der Waals surface area contributed by atoms with Gasteiger partial charge in [-0.15, -0.1) is 0 Å². The summed E-state index contributed by atoms with van der Waals surface area (Å²) in [7, 11) is 1.38.